The minimum absolute atomic E-state index is 0.200. The Morgan fingerprint density at radius 2 is 1.78 bits per heavy atom. The second-order valence-corrected chi connectivity index (χ2v) is 6.83. The minimum Gasteiger partial charge on any atom is -0.361 e. The summed E-state index contributed by atoms with van der Waals surface area (Å²) in [6.45, 7) is 3.61. The molecule has 4 rings (SSSR count). The van der Waals surface area contributed by atoms with Crippen molar-refractivity contribution in [1.29, 1.82) is 0 Å². The number of aromatic nitrogens is 1. The lowest BCUT2D eigenvalue weighted by atomic mass is 10.0. The van der Waals surface area contributed by atoms with E-state index in [1.54, 1.807) is 20.0 Å². The molecule has 0 aliphatic carbocycles. The van der Waals surface area contributed by atoms with Crippen molar-refractivity contribution in [3.05, 3.63) is 71.9 Å². The van der Waals surface area contributed by atoms with Gasteiger partial charge in [-0.1, -0.05) is 62.4 Å². The smallest absolute Gasteiger partial charge is 0.255 e. The van der Waals surface area contributed by atoms with E-state index >= 15 is 0 Å². The van der Waals surface area contributed by atoms with Gasteiger partial charge in [-0.15, -0.1) is 0 Å². The number of hydrazone groups is 1. The first kappa shape index (κ1) is 17.0. The number of fused-ring (bicyclic) bond motifs is 1. The summed E-state index contributed by atoms with van der Waals surface area (Å²) in [5, 5.41) is 9.61. The van der Waals surface area contributed by atoms with Crippen molar-refractivity contribution in [3.63, 3.8) is 0 Å². The number of nitrogens with one attached hydrogen (secondary N) is 2. The monoisotopic (exact) mass is 360 g/mol. The largest absolute Gasteiger partial charge is 0.361 e. The van der Waals surface area contributed by atoms with E-state index in [2.05, 4.69) is 15.4 Å². The molecule has 0 radical (unpaired) electrons. The van der Waals surface area contributed by atoms with Crippen LogP contribution in [0.3, 0.4) is 0 Å². The number of nitrogens with zero attached hydrogens (tertiary/aromatic N) is 2. The average molecular weight is 360 g/mol. The quantitative estimate of drug-likeness (QED) is 0.752. The molecule has 0 saturated heterocycles. The Labute approximate surface area is 156 Å². The van der Waals surface area contributed by atoms with Crippen molar-refractivity contribution < 1.29 is 9.59 Å². The van der Waals surface area contributed by atoms with E-state index in [1.165, 1.54) is 5.01 Å². The summed E-state index contributed by atoms with van der Waals surface area (Å²) in [7, 11) is 0. The maximum Gasteiger partial charge on any atom is 0.255 e. The number of rotatable bonds is 3. The average Bonchev–Trinajstić information content (AvgIpc) is 3.11. The number of carbonyl (C=O) groups excluding carboxylic acids is 2. The van der Waals surface area contributed by atoms with Crippen LogP contribution in [-0.2, 0) is 9.59 Å². The van der Waals surface area contributed by atoms with Crippen molar-refractivity contribution in [3.8, 4) is 0 Å². The van der Waals surface area contributed by atoms with Crippen LogP contribution < -0.4 is 5.32 Å². The van der Waals surface area contributed by atoms with Crippen LogP contribution in [0.5, 0.6) is 0 Å². The third kappa shape index (κ3) is 2.99. The molecule has 1 atom stereocenters. The second-order valence-electron chi connectivity index (χ2n) is 6.83. The summed E-state index contributed by atoms with van der Waals surface area (Å²) >= 11 is 0. The van der Waals surface area contributed by atoms with Gasteiger partial charge in [0.2, 0.25) is 5.91 Å². The number of benzene rings is 2. The third-order valence-electron chi connectivity index (χ3n) is 4.63. The maximum absolute atomic E-state index is 13.1. The number of H-pyrrole nitrogens is 1. The van der Waals surface area contributed by atoms with Gasteiger partial charge in [0.1, 0.15) is 0 Å². The van der Waals surface area contributed by atoms with Crippen molar-refractivity contribution in [2.24, 2.45) is 11.0 Å². The number of amides is 2. The SMILES string of the molecule is CC(C)C(=O)N1N=C(c2ccccc2)NC(=O)C1c1c[nH]c2ccccc12. The van der Waals surface area contributed by atoms with Gasteiger partial charge in [-0.25, -0.2) is 5.01 Å². The summed E-state index contributed by atoms with van der Waals surface area (Å²) in [6, 6.07) is 16.2. The molecule has 2 amide bonds. The number of hydrogen-bond donors (Lipinski definition) is 2. The lowest BCUT2D eigenvalue weighted by Gasteiger charge is -2.32. The first-order valence-corrected chi connectivity index (χ1v) is 8.90. The minimum atomic E-state index is -0.816. The summed E-state index contributed by atoms with van der Waals surface area (Å²) in [6.07, 6.45) is 1.78. The van der Waals surface area contributed by atoms with E-state index in [4.69, 9.17) is 0 Å². The van der Waals surface area contributed by atoms with Gasteiger partial charge in [0, 0.05) is 34.1 Å². The van der Waals surface area contributed by atoms with Gasteiger partial charge in [-0.2, -0.15) is 5.10 Å². The Hall–Kier alpha value is -3.41. The Kier molecular flexibility index (Phi) is 4.24. The molecule has 136 valence electrons. The molecule has 0 spiro atoms. The van der Waals surface area contributed by atoms with Crippen LogP contribution in [0.15, 0.2) is 65.9 Å². The van der Waals surface area contributed by atoms with Crippen LogP contribution in [0, 0.1) is 5.92 Å². The molecule has 1 unspecified atom stereocenters. The van der Waals surface area contributed by atoms with Gasteiger partial charge in [0.25, 0.3) is 5.91 Å². The normalized spacial score (nSPS) is 17.1. The molecule has 1 aliphatic heterocycles. The summed E-state index contributed by atoms with van der Waals surface area (Å²) < 4.78 is 0. The lowest BCUT2D eigenvalue weighted by Crippen LogP contribution is -2.50. The number of carbonyl (C=O) groups is 2. The maximum atomic E-state index is 13.1. The predicted octanol–water partition coefficient (Wildman–Crippen LogP) is 3.19. The third-order valence-corrected chi connectivity index (χ3v) is 4.63. The highest BCUT2D eigenvalue weighted by Crippen LogP contribution is 2.32. The fourth-order valence-corrected chi connectivity index (χ4v) is 3.25. The van der Waals surface area contributed by atoms with Crippen molar-refractivity contribution in [1.82, 2.24) is 15.3 Å². The molecule has 1 aliphatic rings. The van der Waals surface area contributed by atoms with Crippen molar-refractivity contribution in [2.45, 2.75) is 19.9 Å². The number of para-hydroxylation sites is 1. The Balaban J connectivity index is 1.84. The molecule has 6 heteroatoms. The molecule has 0 bridgehead atoms. The molecule has 0 saturated carbocycles. The second kappa shape index (κ2) is 6.72. The van der Waals surface area contributed by atoms with Gasteiger partial charge in [0.15, 0.2) is 11.9 Å². The molecule has 2 heterocycles. The zero-order chi connectivity index (χ0) is 19.0. The number of hydrogen-bond acceptors (Lipinski definition) is 3. The van der Waals surface area contributed by atoms with E-state index < -0.39 is 6.04 Å². The van der Waals surface area contributed by atoms with Crippen LogP contribution in [0.25, 0.3) is 10.9 Å². The zero-order valence-corrected chi connectivity index (χ0v) is 15.1. The Morgan fingerprint density at radius 3 is 2.52 bits per heavy atom. The zero-order valence-electron chi connectivity index (χ0n) is 15.1. The fourth-order valence-electron chi connectivity index (χ4n) is 3.25. The molecule has 1 aromatic heterocycles. The molecule has 27 heavy (non-hydrogen) atoms. The van der Waals surface area contributed by atoms with Crippen LogP contribution >= 0.6 is 0 Å². The summed E-state index contributed by atoms with van der Waals surface area (Å²) in [5.74, 6) is -0.383. The molecule has 3 aromatic rings. The van der Waals surface area contributed by atoms with E-state index in [-0.39, 0.29) is 17.7 Å². The van der Waals surface area contributed by atoms with Crippen molar-refractivity contribution >= 4 is 28.6 Å². The summed E-state index contributed by atoms with van der Waals surface area (Å²) in [5.41, 5.74) is 2.40. The lowest BCUT2D eigenvalue weighted by molar-refractivity contribution is -0.143. The van der Waals surface area contributed by atoms with E-state index in [1.807, 2.05) is 54.6 Å². The molecule has 2 N–H and O–H groups in total. The first-order chi connectivity index (χ1) is 13.1. The van der Waals surface area contributed by atoms with E-state index in [0.717, 1.165) is 22.0 Å². The Bertz CT molecular complexity index is 1040. The Morgan fingerprint density at radius 1 is 1.07 bits per heavy atom. The van der Waals surface area contributed by atoms with Crippen LogP contribution in [-0.4, -0.2) is 27.6 Å². The topological polar surface area (TPSA) is 77.6 Å². The van der Waals surface area contributed by atoms with E-state index in [0.29, 0.717) is 5.84 Å². The van der Waals surface area contributed by atoms with Crippen LogP contribution in [0.1, 0.15) is 31.0 Å². The number of amidine groups is 1. The number of aromatic amines is 1. The molecule has 2 aromatic carbocycles. The highest BCUT2D eigenvalue weighted by molar-refractivity contribution is 6.12. The van der Waals surface area contributed by atoms with Crippen LogP contribution in [0.4, 0.5) is 0 Å². The summed E-state index contributed by atoms with van der Waals surface area (Å²) in [4.78, 5) is 29.1. The standard InChI is InChI=1S/C21H20N4O2/c1-13(2)21(27)25-18(16-12-22-17-11-7-6-10-15(16)17)20(26)23-19(24-25)14-8-4-3-5-9-14/h3-13,18,22H,1-2H3,(H,23,24,26). The highest BCUT2D eigenvalue weighted by atomic mass is 16.2. The van der Waals surface area contributed by atoms with Crippen LogP contribution in [0.2, 0.25) is 0 Å². The van der Waals surface area contributed by atoms with Gasteiger partial charge in [-0.05, 0) is 6.07 Å². The van der Waals surface area contributed by atoms with Gasteiger partial charge >= 0.3 is 0 Å². The molecule has 0 fully saturated rings. The predicted molar refractivity (Wildman–Crippen MR) is 104 cm³/mol. The molecule has 6 nitrogen and oxygen atoms in total. The fraction of sp³-hybridized carbons (Fsp3) is 0.190. The van der Waals surface area contributed by atoms with Gasteiger partial charge in [0.05, 0.1) is 0 Å². The van der Waals surface area contributed by atoms with Gasteiger partial charge in [-0.3, -0.25) is 9.59 Å². The van der Waals surface area contributed by atoms with E-state index in [9.17, 15) is 9.59 Å². The van der Waals surface area contributed by atoms with Gasteiger partial charge < -0.3 is 10.3 Å². The molecular formula is C21H20N4O2. The highest BCUT2D eigenvalue weighted by Gasteiger charge is 2.38. The van der Waals surface area contributed by atoms with Crippen molar-refractivity contribution in [2.75, 3.05) is 0 Å². The first-order valence-electron chi connectivity index (χ1n) is 8.90. The molecular weight excluding hydrogens is 340 g/mol.